The molecule has 2 aromatic heterocycles. The van der Waals surface area contributed by atoms with Gasteiger partial charge in [-0.15, -0.1) is 12.4 Å². The number of phenolic OH excluding ortho intramolecular Hbond substituents is 2. The molecule has 0 amide bonds. The molecule has 2 unspecified atom stereocenters. The standard InChI is InChI=1S/C29H22ClF2NO3.C17H13ClF2N2O.C11H10O3.ClH/c30-22-6-3-19(4-7-22)29-28(33-16-36-29)21(9-17-10-23(31)14-24(32)11-17)13-26(35)12-20-2-1-18-5-8-25(34)15-27(18)20;18-12-3-1-11(2-4-12)17-16(22-9-23-17)15(21)7-10-5-13(19)8-14(20)6-10;12-9-4-3-7-1-2-8(5-11(13)14)10(7)6-9;/h2-8,10-11,14-16,21,34H,1,9,12-13H2;1-6,8-9,15H,7,21H2;2-4,6,12H,1,5H2,(H,13,14);1H. The van der Waals surface area contributed by atoms with Gasteiger partial charge in [0.2, 0.25) is 0 Å². The third kappa shape index (κ3) is 14.0. The Morgan fingerprint density at radius 3 is 1.50 bits per heavy atom. The summed E-state index contributed by atoms with van der Waals surface area (Å²) in [7, 11) is 0. The zero-order chi connectivity index (χ0) is 51.8. The minimum atomic E-state index is -0.840. The number of Topliss-reactive ketones (excluding diaryl/α,β-unsaturated/α-hetero) is 1. The summed E-state index contributed by atoms with van der Waals surface area (Å²) in [6, 6.07) is 30.4. The van der Waals surface area contributed by atoms with Crippen molar-refractivity contribution in [2.75, 3.05) is 0 Å². The third-order valence-corrected chi connectivity index (χ3v) is 12.6. The lowest BCUT2D eigenvalue weighted by molar-refractivity contribution is -0.135. The molecule has 10 rings (SSSR count). The number of halogens is 7. The molecule has 0 fully saturated rings. The zero-order valence-electron chi connectivity index (χ0n) is 39.1. The van der Waals surface area contributed by atoms with E-state index in [1.54, 1.807) is 72.8 Å². The van der Waals surface area contributed by atoms with Crippen LogP contribution in [-0.4, -0.2) is 37.0 Å². The molecule has 6 aromatic carbocycles. The fourth-order valence-electron chi connectivity index (χ4n) is 8.88. The average molecular weight is 1070 g/mol. The first kappa shape index (κ1) is 54.3. The number of allylic oxidation sites excluding steroid dienone is 3. The van der Waals surface area contributed by atoms with Crippen LogP contribution in [-0.2, 0) is 35.3 Å². The summed E-state index contributed by atoms with van der Waals surface area (Å²) in [6.45, 7) is 0. The lowest BCUT2D eigenvalue weighted by atomic mass is 9.87. The van der Waals surface area contributed by atoms with Crippen LogP contribution < -0.4 is 5.73 Å². The summed E-state index contributed by atoms with van der Waals surface area (Å²) in [4.78, 5) is 32.4. The molecule has 10 nitrogen and oxygen atoms in total. The van der Waals surface area contributed by atoms with E-state index in [4.69, 9.17) is 42.9 Å². The quantitative estimate of drug-likeness (QED) is 0.0768. The van der Waals surface area contributed by atoms with Crippen LogP contribution in [0.4, 0.5) is 17.6 Å². The number of fused-ring (bicyclic) bond motifs is 2. The number of ketones is 1. The highest BCUT2D eigenvalue weighted by atomic mass is 35.5. The fraction of sp³-hybridized carbons (Fsp3) is 0.158. The Bertz CT molecular complexity index is 3320. The van der Waals surface area contributed by atoms with Crippen molar-refractivity contribution < 1.29 is 51.3 Å². The summed E-state index contributed by atoms with van der Waals surface area (Å²) in [5.41, 5.74) is 15.1. The van der Waals surface area contributed by atoms with E-state index in [0.29, 0.717) is 50.5 Å². The first-order valence-electron chi connectivity index (χ1n) is 22.9. The lowest BCUT2D eigenvalue weighted by Gasteiger charge is -2.17. The predicted octanol–water partition coefficient (Wildman–Crippen LogP) is 14.0. The number of rotatable bonds is 14. The van der Waals surface area contributed by atoms with Gasteiger partial charge in [0.05, 0.1) is 18.2 Å². The molecule has 0 saturated carbocycles. The maximum absolute atomic E-state index is 13.9. The predicted molar refractivity (Wildman–Crippen MR) is 277 cm³/mol. The van der Waals surface area contributed by atoms with Gasteiger partial charge in [0.15, 0.2) is 24.3 Å². The molecule has 2 atom stereocenters. The van der Waals surface area contributed by atoms with Gasteiger partial charge in [-0.3, -0.25) is 9.59 Å². The lowest BCUT2D eigenvalue weighted by Crippen LogP contribution is -2.15. The van der Waals surface area contributed by atoms with Gasteiger partial charge in [0, 0.05) is 52.1 Å². The summed E-state index contributed by atoms with van der Waals surface area (Å²) in [5, 5.41) is 29.0. The number of carboxylic acid groups (broad SMARTS) is 1. The van der Waals surface area contributed by atoms with Crippen LogP contribution in [0.3, 0.4) is 0 Å². The second kappa shape index (κ2) is 24.5. The molecule has 2 aliphatic carbocycles. The van der Waals surface area contributed by atoms with Crippen molar-refractivity contribution in [1.29, 1.82) is 0 Å². The number of aliphatic carboxylic acids is 1. The van der Waals surface area contributed by atoms with Gasteiger partial charge in [0.1, 0.15) is 46.2 Å². The Balaban J connectivity index is 0.000000179. The number of nitrogens with two attached hydrogens (primary N) is 1. The number of nitrogens with zero attached hydrogens (tertiary/aromatic N) is 2. The van der Waals surface area contributed by atoms with Crippen molar-refractivity contribution in [1.82, 2.24) is 9.97 Å². The van der Waals surface area contributed by atoms with Crippen molar-refractivity contribution >= 4 is 58.5 Å². The van der Waals surface area contributed by atoms with Crippen LogP contribution in [0, 0.1) is 23.3 Å². The molecule has 0 aliphatic heterocycles. The van der Waals surface area contributed by atoms with Gasteiger partial charge >= 0.3 is 5.97 Å². The summed E-state index contributed by atoms with van der Waals surface area (Å²) in [5.74, 6) is -2.66. The van der Waals surface area contributed by atoms with E-state index in [1.165, 1.54) is 37.1 Å². The molecule has 0 spiro atoms. The molecule has 5 N–H and O–H groups in total. The number of carbonyl (C=O) groups excluding carboxylic acids is 1. The zero-order valence-corrected chi connectivity index (χ0v) is 41.4. The molecule has 0 saturated heterocycles. The van der Waals surface area contributed by atoms with Crippen molar-refractivity contribution in [3.05, 3.63) is 224 Å². The molecule has 2 heterocycles. The number of carbonyl (C=O) groups is 2. The molecule has 74 heavy (non-hydrogen) atoms. The van der Waals surface area contributed by atoms with E-state index >= 15 is 0 Å². The number of phenols is 2. The van der Waals surface area contributed by atoms with E-state index in [0.717, 1.165) is 63.1 Å². The van der Waals surface area contributed by atoms with Gasteiger partial charge in [0.25, 0.3) is 0 Å². The van der Waals surface area contributed by atoms with Crippen LogP contribution >= 0.6 is 35.6 Å². The van der Waals surface area contributed by atoms with Crippen molar-refractivity contribution in [3.63, 3.8) is 0 Å². The Hall–Kier alpha value is -7.49. The smallest absolute Gasteiger partial charge is 0.307 e. The van der Waals surface area contributed by atoms with E-state index in [9.17, 15) is 37.4 Å². The SMILES string of the molecule is Cl.NC(Cc1cc(F)cc(F)c1)c1ncoc1-c1ccc(Cl)cc1.O=C(CC1=CCc2ccc(O)cc21)CC(Cc1cc(F)cc(F)c1)c1ncoc1-c1ccc(Cl)cc1.O=C(O)CC1=CCc2ccc(O)cc21. The first-order valence-corrected chi connectivity index (χ1v) is 23.6. The molecule has 8 aromatic rings. The Morgan fingerprint density at radius 2 is 1.03 bits per heavy atom. The Labute approximate surface area is 438 Å². The molecular weight excluding hydrogens is 1020 g/mol. The molecule has 380 valence electrons. The highest BCUT2D eigenvalue weighted by molar-refractivity contribution is 6.31. The minimum absolute atomic E-state index is 0. The minimum Gasteiger partial charge on any atom is -0.508 e. The molecule has 0 bridgehead atoms. The summed E-state index contributed by atoms with van der Waals surface area (Å²) in [6.07, 6.45) is 8.70. The number of hydrogen-bond acceptors (Lipinski definition) is 9. The molecule has 2 aliphatic rings. The van der Waals surface area contributed by atoms with Crippen LogP contribution in [0.5, 0.6) is 11.5 Å². The normalized spacial score (nSPS) is 12.9. The number of hydrogen-bond donors (Lipinski definition) is 4. The Kier molecular flexibility index (Phi) is 18.0. The third-order valence-electron chi connectivity index (χ3n) is 12.1. The van der Waals surface area contributed by atoms with Gasteiger partial charge in [-0.2, -0.15) is 0 Å². The van der Waals surface area contributed by atoms with Gasteiger partial charge in [-0.25, -0.2) is 27.5 Å². The van der Waals surface area contributed by atoms with Crippen LogP contribution in [0.1, 0.15) is 76.0 Å². The Morgan fingerprint density at radius 1 is 0.595 bits per heavy atom. The monoisotopic (exact) mass is 1070 g/mol. The average Bonchev–Trinajstić information content (AvgIpc) is 4.17. The molecule has 0 radical (unpaired) electrons. The maximum atomic E-state index is 13.9. The molecular formula is C57H46Cl3F4N3O7. The number of carboxylic acids is 1. The highest BCUT2D eigenvalue weighted by Crippen LogP contribution is 2.38. The van der Waals surface area contributed by atoms with Crippen molar-refractivity contribution in [2.45, 2.75) is 56.9 Å². The largest absolute Gasteiger partial charge is 0.508 e. The van der Waals surface area contributed by atoms with E-state index in [-0.39, 0.29) is 61.8 Å². The number of aromatic hydroxyl groups is 2. The van der Waals surface area contributed by atoms with Crippen LogP contribution in [0.2, 0.25) is 10.0 Å². The molecule has 17 heteroatoms. The highest BCUT2D eigenvalue weighted by Gasteiger charge is 2.27. The second-order valence-corrected chi connectivity index (χ2v) is 18.3. The van der Waals surface area contributed by atoms with Crippen LogP contribution in [0.25, 0.3) is 33.8 Å². The maximum Gasteiger partial charge on any atom is 0.307 e. The summed E-state index contributed by atoms with van der Waals surface area (Å²) >= 11 is 11.9. The fourth-order valence-corrected chi connectivity index (χ4v) is 9.14. The van der Waals surface area contributed by atoms with E-state index in [2.05, 4.69) is 9.97 Å². The summed E-state index contributed by atoms with van der Waals surface area (Å²) < 4.78 is 65.5. The van der Waals surface area contributed by atoms with Gasteiger partial charge in [-0.05, 0) is 167 Å². The van der Waals surface area contributed by atoms with Crippen LogP contribution in [0.15, 0.2) is 155 Å². The number of aromatic nitrogens is 2. The van der Waals surface area contributed by atoms with Crippen molar-refractivity contribution in [2.24, 2.45) is 5.73 Å². The van der Waals surface area contributed by atoms with Gasteiger partial charge < -0.3 is 29.9 Å². The van der Waals surface area contributed by atoms with E-state index < -0.39 is 41.2 Å². The van der Waals surface area contributed by atoms with Crippen molar-refractivity contribution in [3.8, 4) is 34.1 Å². The van der Waals surface area contributed by atoms with Gasteiger partial charge in [-0.1, -0.05) is 47.5 Å². The van der Waals surface area contributed by atoms with E-state index in [1.807, 2.05) is 24.3 Å². The number of benzene rings is 6. The number of oxazole rings is 2. The topological polar surface area (TPSA) is 173 Å². The first-order chi connectivity index (χ1) is 35.0. The second-order valence-electron chi connectivity index (χ2n) is 17.5.